The molecule has 0 aliphatic carbocycles. The van der Waals surface area contributed by atoms with Crippen LogP contribution in [0.4, 0.5) is 0 Å². The Morgan fingerprint density at radius 3 is 2.47 bits per heavy atom. The third-order valence-electron chi connectivity index (χ3n) is 2.99. The number of fused-ring (bicyclic) bond motifs is 1. The van der Waals surface area contributed by atoms with Crippen molar-refractivity contribution >= 4 is 20.8 Å². The molecule has 19 heavy (non-hydrogen) atoms. The molecule has 0 fully saturated rings. The third kappa shape index (κ3) is 2.02. The molecule has 5 heteroatoms. The van der Waals surface area contributed by atoms with E-state index in [2.05, 4.69) is 4.98 Å². The molecule has 3 aromatic rings. The Bertz CT molecular complexity index is 851. The monoisotopic (exact) mass is 272 g/mol. The molecule has 0 unspecified atom stereocenters. The lowest BCUT2D eigenvalue weighted by Crippen LogP contribution is -2.10. The number of hydrogen-bond acceptors (Lipinski definition) is 3. The normalized spacial score (nSPS) is 11.8. The van der Waals surface area contributed by atoms with Gasteiger partial charge in [-0.3, -0.25) is 0 Å². The standard InChI is InChI=1S/C14H12N2O2S/c1-11-9-16(10-15-11)19(17,18)14-7-6-12-4-2-3-5-13(12)8-14/h2-10H,1H3. The van der Waals surface area contributed by atoms with Crippen LogP contribution in [0.15, 0.2) is 59.9 Å². The first-order valence-corrected chi connectivity index (χ1v) is 7.26. The summed E-state index contributed by atoms with van der Waals surface area (Å²) in [5.74, 6) is 0. The molecule has 0 N–H and O–H groups in total. The highest BCUT2D eigenvalue weighted by molar-refractivity contribution is 7.90. The van der Waals surface area contributed by atoms with Crippen molar-refractivity contribution in [2.24, 2.45) is 0 Å². The zero-order chi connectivity index (χ0) is 13.5. The van der Waals surface area contributed by atoms with E-state index >= 15 is 0 Å². The number of benzene rings is 2. The molecular formula is C14H12N2O2S. The number of rotatable bonds is 2. The number of aryl methyl sites for hydroxylation is 1. The molecule has 2 aromatic carbocycles. The number of aromatic nitrogens is 2. The predicted octanol–water partition coefficient (Wildman–Crippen LogP) is 2.58. The first-order valence-electron chi connectivity index (χ1n) is 5.82. The van der Waals surface area contributed by atoms with E-state index in [1.807, 2.05) is 30.3 Å². The van der Waals surface area contributed by atoms with Crippen molar-refractivity contribution in [1.29, 1.82) is 0 Å². The number of nitrogens with zero attached hydrogens (tertiary/aromatic N) is 2. The van der Waals surface area contributed by atoms with E-state index in [0.717, 1.165) is 14.7 Å². The van der Waals surface area contributed by atoms with Crippen LogP contribution in [0.25, 0.3) is 10.8 Å². The minimum absolute atomic E-state index is 0.267. The van der Waals surface area contributed by atoms with Gasteiger partial charge in [0.1, 0.15) is 6.33 Å². The Balaban J connectivity index is 2.18. The average molecular weight is 272 g/mol. The molecule has 0 saturated heterocycles. The molecule has 0 aliphatic rings. The van der Waals surface area contributed by atoms with Crippen molar-refractivity contribution in [3.05, 3.63) is 60.7 Å². The van der Waals surface area contributed by atoms with Gasteiger partial charge in [0, 0.05) is 6.20 Å². The molecule has 0 saturated carbocycles. The molecule has 0 atom stereocenters. The van der Waals surface area contributed by atoms with E-state index in [9.17, 15) is 8.42 Å². The van der Waals surface area contributed by atoms with Crippen LogP contribution in [-0.4, -0.2) is 17.4 Å². The molecule has 96 valence electrons. The second-order valence-corrected chi connectivity index (χ2v) is 6.20. The van der Waals surface area contributed by atoms with E-state index in [1.54, 1.807) is 19.1 Å². The van der Waals surface area contributed by atoms with Crippen molar-refractivity contribution in [3.63, 3.8) is 0 Å². The first kappa shape index (κ1) is 11.9. The Morgan fingerprint density at radius 1 is 1.05 bits per heavy atom. The molecule has 0 amide bonds. The molecule has 1 aromatic heterocycles. The molecule has 0 radical (unpaired) electrons. The van der Waals surface area contributed by atoms with Gasteiger partial charge < -0.3 is 0 Å². The summed E-state index contributed by atoms with van der Waals surface area (Å²) in [4.78, 5) is 4.22. The zero-order valence-corrected chi connectivity index (χ0v) is 11.1. The Morgan fingerprint density at radius 2 is 1.79 bits per heavy atom. The quantitative estimate of drug-likeness (QED) is 0.720. The highest BCUT2D eigenvalue weighted by Gasteiger charge is 2.17. The van der Waals surface area contributed by atoms with Gasteiger partial charge in [0.15, 0.2) is 0 Å². The minimum Gasteiger partial charge on any atom is -0.241 e. The summed E-state index contributed by atoms with van der Waals surface area (Å²) in [6.07, 6.45) is 2.82. The summed E-state index contributed by atoms with van der Waals surface area (Å²) in [5.41, 5.74) is 0.671. The lowest BCUT2D eigenvalue weighted by molar-refractivity contribution is 0.587. The maximum atomic E-state index is 12.4. The summed E-state index contributed by atoms with van der Waals surface area (Å²) in [5, 5.41) is 1.92. The number of imidazole rings is 1. The third-order valence-corrected chi connectivity index (χ3v) is 4.59. The summed E-state index contributed by atoms with van der Waals surface area (Å²) in [6.45, 7) is 1.76. The van der Waals surface area contributed by atoms with Crippen molar-refractivity contribution in [2.75, 3.05) is 0 Å². The summed E-state index contributed by atoms with van der Waals surface area (Å²) >= 11 is 0. The fraction of sp³-hybridized carbons (Fsp3) is 0.0714. The van der Waals surface area contributed by atoms with Crippen LogP contribution in [0.3, 0.4) is 0 Å². The molecule has 0 aliphatic heterocycles. The first-order chi connectivity index (χ1) is 9.07. The fourth-order valence-electron chi connectivity index (χ4n) is 1.98. The largest absolute Gasteiger partial charge is 0.268 e. The smallest absolute Gasteiger partial charge is 0.241 e. The lowest BCUT2D eigenvalue weighted by atomic mass is 10.1. The number of hydrogen-bond donors (Lipinski definition) is 0. The Kier molecular flexibility index (Phi) is 2.64. The molecule has 1 heterocycles. The summed E-state index contributed by atoms with van der Waals surface area (Å²) in [6, 6.07) is 12.8. The van der Waals surface area contributed by atoms with E-state index in [4.69, 9.17) is 0 Å². The fourth-order valence-corrected chi connectivity index (χ4v) is 3.20. The van der Waals surface area contributed by atoms with Gasteiger partial charge >= 0.3 is 0 Å². The maximum absolute atomic E-state index is 12.4. The van der Waals surface area contributed by atoms with Crippen LogP contribution in [0.1, 0.15) is 5.69 Å². The van der Waals surface area contributed by atoms with Gasteiger partial charge in [0.05, 0.1) is 10.6 Å². The van der Waals surface area contributed by atoms with Gasteiger partial charge in [-0.2, -0.15) is 0 Å². The van der Waals surface area contributed by atoms with E-state index in [-0.39, 0.29) is 4.90 Å². The summed E-state index contributed by atoms with van der Waals surface area (Å²) < 4.78 is 26.0. The molecular weight excluding hydrogens is 260 g/mol. The Labute approximate surface area is 111 Å². The SMILES string of the molecule is Cc1cn(S(=O)(=O)c2ccc3ccccc3c2)cn1. The highest BCUT2D eigenvalue weighted by Crippen LogP contribution is 2.20. The minimum atomic E-state index is -3.56. The van der Waals surface area contributed by atoms with E-state index in [0.29, 0.717) is 5.69 Å². The van der Waals surface area contributed by atoms with Crippen LogP contribution in [-0.2, 0) is 10.0 Å². The van der Waals surface area contributed by atoms with Gasteiger partial charge in [-0.1, -0.05) is 30.3 Å². The second-order valence-electron chi connectivity index (χ2n) is 4.36. The molecule has 0 bridgehead atoms. The molecule has 3 rings (SSSR count). The van der Waals surface area contributed by atoms with E-state index in [1.165, 1.54) is 12.5 Å². The van der Waals surface area contributed by atoms with Crippen LogP contribution in [0.2, 0.25) is 0 Å². The van der Waals surface area contributed by atoms with Gasteiger partial charge in [-0.15, -0.1) is 0 Å². The van der Waals surface area contributed by atoms with Crippen molar-refractivity contribution in [2.45, 2.75) is 11.8 Å². The van der Waals surface area contributed by atoms with Gasteiger partial charge in [-0.25, -0.2) is 17.4 Å². The van der Waals surface area contributed by atoms with Crippen molar-refractivity contribution < 1.29 is 8.42 Å². The van der Waals surface area contributed by atoms with E-state index < -0.39 is 10.0 Å². The highest BCUT2D eigenvalue weighted by atomic mass is 32.2. The van der Waals surface area contributed by atoms with Crippen LogP contribution in [0, 0.1) is 6.92 Å². The Hall–Kier alpha value is -2.14. The maximum Gasteiger partial charge on any atom is 0.268 e. The zero-order valence-electron chi connectivity index (χ0n) is 10.3. The van der Waals surface area contributed by atoms with Gasteiger partial charge in [-0.05, 0) is 29.8 Å². The predicted molar refractivity (Wildman–Crippen MR) is 73.5 cm³/mol. The second kappa shape index (κ2) is 4.20. The molecule has 4 nitrogen and oxygen atoms in total. The lowest BCUT2D eigenvalue weighted by Gasteiger charge is -2.06. The summed E-state index contributed by atoms with van der Waals surface area (Å²) in [7, 11) is -3.56. The molecule has 0 spiro atoms. The van der Waals surface area contributed by atoms with Crippen LogP contribution < -0.4 is 0 Å². The average Bonchev–Trinajstić information content (AvgIpc) is 2.85. The van der Waals surface area contributed by atoms with Crippen LogP contribution in [0.5, 0.6) is 0 Å². The van der Waals surface area contributed by atoms with Gasteiger partial charge in [0.2, 0.25) is 0 Å². The van der Waals surface area contributed by atoms with Crippen LogP contribution >= 0.6 is 0 Å². The van der Waals surface area contributed by atoms with Crippen molar-refractivity contribution in [3.8, 4) is 0 Å². The van der Waals surface area contributed by atoms with Crippen molar-refractivity contribution in [1.82, 2.24) is 8.96 Å². The topological polar surface area (TPSA) is 52.0 Å². The van der Waals surface area contributed by atoms with Gasteiger partial charge in [0.25, 0.3) is 10.0 Å².